The number of para-hydroxylation sites is 2. The van der Waals surface area contributed by atoms with Gasteiger partial charge in [0.05, 0.1) is 17.5 Å². The molecule has 1 heterocycles. The number of fused-ring (bicyclic) bond motifs is 1. The maximum absolute atomic E-state index is 13.2. The van der Waals surface area contributed by atoms with Gasteiger partial charge in [-0.1, -0.05) is 39.3 Å². The SMILES string of the molecule is CC(C)[C@@H]1CC[C@@H](C)C[C@H]1OC(=O)Cn1c(-c2ccc([N+](=O)[O-])cc2)[n+](C)c2ccccc21. The van der Waals surface area contributed by atoms with Crippen LogP contribution >= 0.6 is 0 Å². The number of aromatic nitrogens is 2. The van der Waals surface area contributed by atoms with Crippen LogP contribution in [0.2, 0.25) is 0 Å². The van der Waals surface area contributed by atoms with Crippen LogP contribution in [0.25, 0.3) is 22.4 Å². The minimum Gasteiger partial charge on any atom is -0.459 e. The van der Waals surface area contributed by atoms with Gasteiger partial charge < -0.3 is 4.74 Å². The molecule has 7 nitrogen and oxygen atoms in total. The molecule has 0 aliphatic heterocycles. The van der Waals surface area contributed by atoms with E-state index < -0.39 is 4.92 Å². The normalized spacial score (nSPS) is 20.8. The molecule has 1 fully saturated rings. The van der Waals surface area contributed by atoms with Gasteiger partial charge in [-0.05, 0) is 54.9 Å². The Hall–Kier alpha value is -3.22. The van der Waals surface area contributed by atoms with Crippen molar-refractivity contribution >= 4 is 22.7 Å². The third-order valence-electron chi connectivity index (χ3n) is 6.97. The molecule has 0 radical (unpaired) electrons. The predicted octanol–water partition coefficient (Wildman–Crippen LogP) is 5.05. The number of aryl methyl sites for hydroxylation is 1. The first kappa shape index (κ1) is 23.0. The number of benzene rings is 2. The minimum atomic E-state index is -0.410. The van der Waals surface area contributed by atoms with E-state index in [-0.39, 0.29) is 24.3 Å². The topological polar surface area (TPSA) is 78.2 Å². The second-order valence-corrected chi connectivity index (χ2v) is 9.62. The smallest absolute Gasteiger partial charge is 0.348 e. The highest BCUT2D eigenvalue weighted by molar-refractivity contribution is 5.79. The molecule has 0 unspecified atom stereocenters. The minimum absolute atomic E-state index is 0.0367. The zero-order valence-electron chi connectivity index (χ0n) is 19.7. The molecule has 1 saturated carbocycles. The van der Waals surface area contributed by atoms with Gasteiger partial charge in [-0.2, -0.15) is 0 Å². The largest absolute Gasteiger partial charge is 0.459 e. The van der Waals surface area contributed by atoms with Crippen molar-refractivity contribution in [2.45, 2.75) is 52.7 Å². The highest BCUT2D eigenvalue weighted by Gasteiger charge is 2.34. The standard InChI is InChI=1S/C26H32N3O4/c1-17(2)21-14-9-18(3)15-24(21)33-25(30)16-28-23-8-6-5-7-22(23)27(4)26(28)19-10-12-20(13-11-19)29(31)32/h5-8,10-13,17-18,21,24H,9,14-16H2,1-4H3/q+1/t18-,21+,24-/m1/s1. The summed E-state index contributed by atoms with van der Waals surface area (Å²) >= 11 is 0. The zero-order chi connectivity index (χ0) is 23.7. The Morgan fingerprint density at radius 3 is 2.55 bits per heavy atom. The van der Waals surface area contributed by atoms with Crippen LogP contribution in [0.3, 0.4) is 0 Å². The van der Waals surface area contributed by atoms with E-state index >= 15 is 0 Å². The van der Waals surface area contributed by atoms with E-state index in [1.807, 2.05) is 40.4 Å². The Morgan fingerprint density at radius 2 is 1.88 bits per heavy atom. The lowest BCUT2D eigenvalue weighted by Gasteiger charge is -2.36. The fourth-order valence-electron chi connectivity index (χ4n) is 5.21. The summed E-state index contributed by atoms with van der Waals surface area (Å²) in [6, 6.07) is 14.3. The van der Waals surface area contributed by atoms with E-state index in [4.69, 9.17) is 4.74 Å². The van der Waals surface area contributed by atoms with Gasteiger partial charge in [0, 0.05) is 12.1 Å². The van der Waals surface area contributed by atoms with Crippen molar-refractivity contribution in [1.29, 1.82) is 0 Å². The maximum atomic E-state index is 13.2. The molecular weight excluding hydrogens is 418 g/mol. The lowest BCUT2D eigenvalue weighted by Crippen LogP contribution is -2.37. The third kappa shape index (κ3) is 4.63. The molecule has 0 bridgehead atoms. The summed E-state index contributed by atoms with van der Waals surface area (Å²) in [6.07, 6.45) is 3.12. The van der Waals surface area contributed by atoms with E-state index in [9.17, 15) is 14.9 Å². The molecule has 1 aliphatic carbocycles. The van der Waals surface area contributed by atoms with Gasteiger partial charge in [-0.3, -0.25) is 10.1 Å². The van der Waals surface area contributed by atoms with Gasteiger partial charge in [-0.15, -0.1) is 0 Å². The van der Waals surface area contributed by atoms with Crippen LogP contribution < -0.4 is 4.57 Å². The van der Waals surface area contributed by atoms with Crippen LogP contribution in [-0.4, -0.2) is 21.6 Å². The average Bonchev–Trinajstić information content (AvgIpc) is 3.05. The van der Waals surface area contributed by atoms with Gasteiger partial charge >= 0.3 is 5.97 Å². The summed E-state index contributed by atoms with van der Waals surface area (Å²) in [4.78, 5) is 23.9. The fraction of sp³-hybridized carbons (Fsp3) is 0.462. The number of nitro benzene ring substituents is 1. The first-order valence-electron chi connectivity index (χ1n) is 11.7. The number of nitrogens with zero attached hydrogens (tertiary/aromatic N) is 3. The molecule has 3 aromatic rings. The van der Waals surface area contributed by atoms with Crippen LogP contribution in [0.15, 0.2) is 48.5 Å². The molecule has 1 aromatic heterocycles. The maximum Gasteiger partial charge on any atom is 0.348 e. The Labute approximate surface area is 194 Å². The van der Waals surface area contributed by atoms with Crippen LogP contribution in [0, 0.1) is 27.9 Å². The van der Waals surface area contributed by atoms with Crippen LogP contribution in [0.5, 0.6) is 0 Å². The Morgan fingerprint density at radius 1 is 1.18 bits per heavy atom. The Balaban J connectivity index is 1.67. The van der Waals surface area contributed by atoms with Crippen molar-refractivity contribution in [3.8, 4) is 11.4 Å². The number of hydrogen-bond donors (Lipinski definition) is 0. The molecule has 0 spiro atoms. The second-order valence-electron chi connectivity index (χ2n) is 9.62. The van der Waals surface area contributed by atoms with Crippen molar-refractivity contribution in [1.82, 2.24) is 4.57 Å². The first-order valence-corrected chi connectivity index (χ1v) is 11.7. The van der Waals surface area contributed by atoms with E-state index in [0.717, 1.165) is 35.3 Å². The molecule has 7 heteroatoms. The molecule has 3 atom stereocenters. The number of non-ortho nitro benzene ring substituents is 1. The summed E-state index contributed by atoms with van der Waals surface area (Å²) in [5.41, 5.74) is 2.74. The molecule has 0 N–H and O–H groups in total. The van der Waals surface area contributed by atoms with Gasteiger partial charge in [0.15, 0.2) is 17.6 Å². The molecule has 0 saturated heterocycles. The molecule has 4 rings (SSSR count). The number of nitro groups is 1. The quantitative estimate of drug-likeness (QED) is 0.228. The third-order valence-corrected chi connectivity index (χ3v) is 6.97. The van der Waals surface area contributed by atoms with Crippen molar-refractivity contribution in [2.75, 3.05) is 0 Å². The number of esters is 1. The number of ether oxygens (including phenoxy) is 1. The van der Waals surface area contributed by atoms with E-state index in [1.165, 1.54) is 18.6 Å². The summed E-state index contributed by atoms with van der Waals surface area (Å²) < 4.78 is 10.1. The Kier molecular flexibility index (Phi) is 6.49. The van der Waals surface area contributed by atoms with Gasteiger partial charge in [0.2, 0.25) is 0 Å². The number of imidazole rings is 1. The molecule has 2 aromatic carbocycles. The van der Waals surface area contributed by atoms with Crippen molar-refractivity contribution in [2.24, 2.45) is 24.8 Å². The number of hydrogen-bond acceptors (Lipinski definition) is 4. The average molecular weight is 451 g/mol. The summed E-state index contributed by atoms with van der Waals surface area (Å²) in [5, 5.41) is 11.1. The second kappa shape index (κ2) is 9.33. The van der Waals surface area contributed by atoms with E-state index in [0.29, 0.717) is 17.8 Å². The summed E-state index contributed by atoms with van der Waals surface area (Å²) in [5.74, 6) is 1.97. The van der Waals surface area contributed by atoms with Crippen molar-refractivity contribution in [3.63, 3.8) is 0 Å². The molecule has 1 aliphatic rings. The predicted molar refractivity (Wildman–Crippen MR) is 126 cm³/mol. The number of carbonyl (C=O) groups excluding carboxylic acids is 1. The summed E-state index contributed by atoms with van der Waals surface area (Å²) in [6.45, 7) is 6.72. The molecule has 0 amide bonds. The van der Waals surface area contributed by atoms with Crippen molar-refractivity contribution < 1.29 is 19.0 Å². The van der Waals surface area contributed by atoms with Crippen LogP contribution in [0.1, 0.15) is 40.0 Å². The summed E-state index contributed by atoms with van der Waals surface area (Å²) in [7, 11) is 1.94. The van der Waals surface area contributed by atoms with Crippen LogP contribution in [-0.2, 0) is 23.1 Å². The number of rotatable bonds is 6. The lowest BCUT2D eigenvalue weighted by atomic mass is 9.75. The molecule has 33 heavy (non-hydrogen) atoms. The van der Waals surface area contributed by atoms with Crippen LogP contribution in [0.4, 0.5) is 5.69 Å². The van der Waals surface area contributed by atoms with Gasteiger partial charge in [-0.25, -0.2) is 13.9 Å². The van der Waals surface area contributed by atoms with E-state index in [1.54, 1.807) is 12.1 Å². The molecular formula is C26H32N3O4+. The zero-order valence-corrected chi connectivity index (χ0v) is 19.7. The van der Waals surface area contributed by atoms with Gasteiger partial charge in [0.1, 0.15) is 6.10 Å². The lowest BCUT2D eigenvalue weighted by molar-refractivity contribution is -0.634. The highest BCUT2D eigenvalue weighted by Crippen LogP contribution is 2.35. The Bertz CT molecular complexity index is 1170. The highest BCUT2D eigenvalue weighted by atomic mass is 16.6. The fourth-order valence-corrected chi connectivity index (χ4v) is 5.21. The van der Waals surface area contributed by atoms with Crippen molar-refractivity contribution in [3.05, 3.63) is 58.6 Å². The van der Waals surface area contributed by atoms with E-state index in [2.05, 4.69) is 20.8 Å². The first-order chi connectivity index (χ1) is 15.8. The number of carbonyl (C=O) groups is 1. The monoisotopic (exact) mass is 450 g/mol. The van der Waals surface area contributed by atoms with Gasteiger partial charge in [0.25, 0.3) is 11.5 Å². The molecule has 174 valence electrons.